The lowest BCUT2D eigenvalue weighted by atomic mass is 9.91. The first kappa shape index (κ1) is 17.5. The molecule has 0 atom stereocenters. The summed E-state index contributed by atoms with van der Waals surface area (Å²) in [5, 5.41) is 3.06. The second-order valence-corrected chi connectivity index (χ2v) is 7.14. The van der Waals surface area contributed by atoms with Gasteiger partial charge in [-0.2, -0.15) is 0 Å². The molecule has 2 aliphatic heterocycles. The van der Waals surface area contributed by atoms with Gasteiger partial charge in [0.05, 0.1) is 13.2 Å². The van der Waals surface area contributed by atoms with Crippen molar-refractivity contribution in [3.05, 3.63) is 0 Å². The highest BCUT2D eigenvalue weighted by molar-refractivity contribution is 5.86. The molecule has 6 nitrogen and oxygen atoms in total. The van der Waals surface area contributed by atoms with Crippen LogP contribution in [0.25, 0.3) is 0 Å². The Morgan fingerprint density at radius 2 is 1.58 bits per heavy atom. The van der Waals surface area contributed by atoms with Gasteiger partial charge in [-0.15, -0.1) is 0 Å². The molecule has 2 saturated heterocycles. The first-order valence-electron chi connectivity index (χ1n) is 9.20. The number of carbonyl (C=O) groups is 2. The fourth-order valence-electron chi connectivity index (χ4n) is 3.84. The lowest BCUT2D eigenvalue weighted by Gasteiger charge is -2.39. The number of halogens is 1. The van der Waals surface area contributed by atoms with E-state index in [1.54, 1.807) is 9.80 Å². The number of rotatable bonds is 2. The van der Waals surface area contributed by atoms with Crippen molar-refractivity contribution in [2.45, 2.75) is 56.7 Å². The number of morpholine rings is 1. The van der Waals surface area contributed by atoms with E-state index in [4.69, 9.17) is 4.74 Å². The van der Waals surface area contributed by atoms with Crippen molar-refractivity contribution in [1.82, 2.24) is 15.1 Å². The van der Waals surface area contributed by atoms with Crippen LogP contribution < -0.4 is 5.32 Å². The van der Waals surface area contributed by atoms with Crippen molar-refractivity contribution in [3.63, 3.8) is 0 Å². The molecule has 0 aromatic heterocycles. The Hall–Kier alpha value is -1.37. The van der Waals surface area contributed by atoms with Crippen LogP contribution in [-0.4, -0.2) is 72.8 Å². The number of piperidine rings is 1. The number of carbonyl (C=O) groups excluding carboxylic acids is 2. The Morgan fingerprint density at radius 3 is 2.21 bits per heavy atom. The minimum absolute atomic E-state index is 0.0846. The number of nitrogens with zero attached hydrogens (tertiary/aromatic N) is 2. The minimum atomic E-state index is -1.83. The summed E-state index contributed by atoms with van der Waals surface area (Å²) < 4.78 is 20.3. The van der Waals surface area contributed by atoms with Crippen molar-refractivity contribution in [2.24, 2.45) is 0 Å². The average Bonchev–Trinajstić information content (AvgIpc) is 2.63. The maximum absolute atomic E-state index is 15.1. The van der Waals surface area contributed by atoms with Gasteiger partial charge in [-0.25, -0.2) is 9.18 Å². The molecule has 2 heterocycles. The Bertz CT molecular complexity index is 454. The van der Waals surface area contributed by atoms with Crippen LogP contribution in [0.3, 0.4) is 0 Å². The second kappa shape index (κ2) is 7.68. The number of hydrogen-bond donors (Lipinski definition) is 1. The zero-order chi connectivity index (χ0) is 17.0. The highest BCUT2D eigenvalue weighted by Gasteiger charge is 2.45. The fourth-order valence-corrected chi connectivity index (χ4v) is 3.84. The van der Waals surface area contributed by atoms with E-state index < -0.39 is 11.6 Å². The van der Waals surface area contributed by atoms with Gasteiger partial charge < -0.3 is 19.9 Å². The van der Waals surface area contributed by atoms with Crippen molar-refractivity contribution < 1.29 is 18.7 Å². The van der Waals surface area contributed by atoms with Crippen molar-refractivity contribution >= 4 is 11.9 Å². The third-order valence-electron chi connectivity index (χ3n) is 5.46. The van der Waals surface area contributed by atoms with Gasteiger partial charge in [-0.3, -0.25) is 4.79 Å². The predicted molar refractivity (Wildman–Crippen MR) is 87.4 cm³/mol. The summed E-state index contributed by atoms with van der Waals surface area (Å²) in [6, 6.07) is 0.140. The van der Waals surface area contributed by atoms with Gasteiger partial charge in [0.1, 0.15) is 0 Å². The van der Waals surface area contributed by atoms with Crippen LogP contribution in [-0.2, 0) is 9.53 Å². The Kier molecular flexibility index (Phi) is 5.58. The van der Waals surface area contributed by atoms with Crippen LogP contribution in [0.5, 0.6) is 0 Å². The summed E-state index contributed by atoms with van der Waals surface area (Å²) in [6.45, 7) is 2.44. The molecule has 24 heavy (non-hydrogen) atoms. The third-order valence-corrected chi connectivity index (χ3v) is 5.46. The van der Waals surface area contributed by atoms with Crippen LogP contribution in [0, 0.1) is 0 Å². The Morgan fingerprint density at radius 1 is 0.958 bits per heavy atom. The van der Waals surface area contributed by atoms with Gasteiger partial charge in [-0.05, 0) is 12.8 Å². The van der Waals surface area contributed by atoms with E-state index >= 15 is 4.39 Å². The van der Waals surface area contributed by atoms with Crippen LogP contribution in [0.1, 0.15) is 44.9 Å². The summed E-state index contributed by atoms with van der Waals surface area (Å²) in [4.78, 5) is 28.0. The highest BCUT2D eigenvalue weighted by Crippen LogP contribution is 2.29. The quantitative estimate of drug-likeness (QED) is 0.831. The summed E-state index contributed by atoms with van der Waals surface area (Å²) in [5.41, 5.74) is -1.83. The van der Waals surface area contributed by atoms with Gasteiger partial charge in [0.25, 0.3) is 5.91 Å². The highest BCUT2D eigenvalue weighted by atomic mass is 19.1. The molecule has 3 rings (SSSR count). The Labute approximate surface area is 142 Å². The number of urea groups is 1. The van der Waals surface area contributed by atoms with E-state index in [-0.39, 0.29) is 24.9 Å². The zero-order valence-corrected chi connectivity index (χ0v) is 14.3. The normalized spacial score (nSPS) is 25.4. The van der Waals surface area contributed by atoms with Gasteiger partial charge in [0.2, 0.25) is 0 Å². The number of ether oxygens (including phenoxy) is 1. The minimum Gasteiger partial charge on any atom is -0.378 e. The molecule has 0 radical (unpaired) electrons. The van der Waals surface area contributed by atoms with E-state index in [9.17, 15) is 9.59 Å². The topological polar surface area (TPSA) is 61.9 Å². The molecule has 1 N–H and O–H groups in total. The van der Waals surface area contributed by atoms with Gasteiger partial charge >= 0.3 is 6.03 Å². The van der Waals surface area contributed by atoms with Crippen LogP contribution in [0.15, 0.2) is 0 Å². The molecule has 0 aromatic rings. The third kappa shape index (κ3) is 3.99. The molecule has 0 aromatic carbocycles. The SMILES string of the molecule is O=C(NC1CCCCC1)N1CCC(F)(C(=O)N2CCOCC2)CC1. The zero-order valence-electron chi connectivity index (χ0n) is 14.3. The van der Waals surface area contributed by atoms with E-state index in [1.807, 2.05) is 0 Å². The summed E-state index contributed by atoms with van der Waals surface area (Å²) >= 11 is 0. The molecule has 3 aliphatic rings. The lowest BCUT2D eigenvalue weighted by molar-refractivity contribution is -0.151. The summed E-state index contributed by atoms with van der Waals surface area (Å²) in [5.74, 6) is -0.432. The summed E-state index contributed by atoms with van der Waals surface area (Å²) in [7, 11) is 0. The number of hydrogen-bond acceptors (Lipinski definition) is 3. The van der Waals surface area contributed by atoms with Crippen molar-refractivity contribution in [3.8, 4) is 0 Å². The number of likely N-dealkylation sites (tertiary alicyclic amines) is 1. The predicted octanol–water partition coefficient (Wildman–Crippen LogP) is 1.69. The van der Waals surface area contributed by atoms with E-state index in [1.165, 1.54) is 6.42 Å². The smallest absolute Gasteiger partial charge is 0.317 e. The molecule has 3 amide bonds. The summed E-state index contributed by atoms with van der Waals surface area (Å²) in [6.07, 6.45) is 5.79. The molecule has 3 fully saturated rings. The molecule has 7 heteroatoms. The van der Waals surface area contributed by atoms with Gasteiger partial charge in [-0.1, -0.05) is 19.3 Å². The molecule has 136 valence electrons. The van der Waals surface area contributed by atoms with Crippen LogP contribution in [0.4, 0.5) is 9.18 Å². The molecule has 0 spiro atoms. The molecule has 1 aliphatic carbocycles. The van der Waals surface area contributed by atoms with Gasteiger partial charge in [0.15, 0.2) is 5.67 Å². The molecule has 0 unspecified atom stereocenters. The fraction of sp³-hybridized carbons (Fsp3) is 0.882. The second-order valence-electron chi connectivity index (χ2n) is 7.14. The lowest BCUT2D eigenvalue weighted by Crippen LogP contribution is -2.57. The largest absolute Gasteiger partial charge is 0.378 e. The average molecular weight is 341 g/mol. The molecule has 1 saturated carbocycles. The first-order valence-corrected chi connectivity index (χ1v) is 9.20. The molecular formula is C17H28FN3O3. The Balaban J connectivity index is 1.48. The van der Waals surface area contributed by atoms with E-state index in [2.05, 4.69) is 5.32 Å². The van der Waals surface area contributed by atoms with Crippen LogP contribution >= 0.6 is 0 Å². The maximum atomic E-state index is 15.1. The molecule has 0 bridgehead atoms. The van der Waals surface area contributed by atoms with E-state index in [0.29, 0.717) is 39.4 Å². The van der Waals surface area contributed by atoms with E-state index in [0.717, 1.165) is 25.7 Å². The number of alkyl halides is 1. The van der Waals surface area contributed by atoms with Crippen LogP contribution in [0.2, 0.25) is 0 Å². The maximum Gasteiger partial charge on any atom is 0.317 e. The monoisotopic (exact) mass is 341 g/mol. The van der Waals surface area contributed by atoms with Gasteiger partial charge in [0, 0.05) is 45.1 Å². The van der Waals surface area contributed by atoms with Crippen molar-refractivity contribution in [1.29, 1.82) is 0 Å². The number of nitrogens with one attached hydrogen (secondary N) is 1. The molecular weight excluding hydrogens is 313 g/mol. The first-order chi connectivity index (χ1) is 11.6. The van der Waals surface area contributed by atoms with Crippen molar-refractivity contribution in [2.75, 3.05) is 39.4 Å². The standard InChI is InChI=1S/C17H28FN3O3/c18-17(15(22)20-10-12-24-13-11-20)6-8-21(9-7-17)16(23)19-14-4-2-1-3-5-14/h14H,1-13H2,(H,19,23). The number of amides is 3.